The molecule has 0 amide bonds. The number of rotatable bonds is 2. The molecule has 0 aromatic heterocycles. The van der Waals surface area contributed by atoms with Gasteiger partial charge in [0.2, 0.25) is 0 Å². The van der Waals surface area contributed by atoms with Gasteiger partial charge in [0.15, 0.2) is 0 Å². The van der Waals surface area contributed by atoms with E-state index in [2.05, 4.69) is 24.3 Å². The first-order valence-corrected chi connectivity index (χ1v) is 7.09. The van der Waals surface area contributed by atoms with Gasteiger partial charge in [0.05, 0.1) is 0 Å². The SMILES string of the molecule is [SiH3]C(c1ccc(Cl)cc1)c1ccc(Cl)cc1. The average molecular weight is 267 g/mol. The summed E-state index contributed by atoms with van der Waals surface area (Å²) in [6.07, 6.45) is 0. The maximum atomic E-state index is 5.88. The van der Waals surface area contributed by atoms with Gasteiger partial charge >= 0.3 is 0 Å². The summed E-state index contributed by atoms with van der Waals surface area (Å²) in [5.74, 6) is 0. The highest BCUT2D eigenvalue weighted by Crippen LogP contribution is 2.23. The fourth-order valence-electron chi connectivity index (χ4n) is 1.70. The number of benzene rings is 2. The van der Waals surface area contributed by atoms with Crippen LogP contribution in [0.25, 0.3) is 0 Å². The minimum absolute atomic E-state index is 0.495. The Labute approximate surface area is 109 Å². The largest absolute Gasteiger partial charge is 0.0843 e. The normalized spacial score (nSPS) is 10.9. The van der Waals surface area contributed by atoms with Crippen LogP contribution in [0, 0.1) is 0 Å². The highest BCUT2D eigenvalue weighted by atomic mass is 35.5. The van der Waals surface area contributed by atoms with Crippen LogP contribution in [0.3, 0.4) is 0 Å². The smallest absolute Gasteiger partial charge is 0.0406 e. The lowest BCUT2D eigenvalue weighted by Gasteiger charge is -2.12. The van der Waals surface area contributed by atoms with Crippen LogP contribution < -0.4 is 0 Å². The van der Waals surface area contributed by atoms with E-state index in [0.717, 1.165) is 20.3 Å². The van der Waals surface area contributed by atoms with Crippen LogP contribution in [0.2, 0.25) is 10.0 Å². The van der Waals surface area contributed by atoms with Crippen LogP contribution in [0.1, 0.15) is 16.7 Å². The van der Waals surface area contributed by atoms with Gasteiger partial charge in [-0.25, -0.2) is 0 Å². The third kappa shape index (κ3) is 2.67. The molecule has 0 spiro atoms. The molecule has 0 saturated carbocycles. The summed E-state index contributed by atoms with van der Waals surface area (Å²) < 4.78 is 0. The topological polar surface area (TPSA) is 0 Å². The molecule has 0 radical (unpaired) electrons. The molecular formula is C13H12Cl2Si. The molecule has 0 aliphatic rings. The lowest BCUT2D eigenvalue weighted by molar-refractivity contribution is 1.14. The number of hydrogen-bond acceptors (Lipinski definition) is 0. The van der Waals surface area contributed by atoms with E-state index >= 15 is 0 Å². The molecule has 0 fully saturated rings. The molecule has 2 rings (SSSR count). The van der Waals surface area contributed by atoms with Crippen molar-refractivity contribution < 1.29 is 0 Å². The molecule has 0 heterocycles. The summed E-state index contributed by atoms with van der Waals surface area (Å²) in [5, 5.41) is 1.57. The molecule has 0 atom stereocenters. The summed E-state index contributed by atoms with van der Waals surface area (Å²) in [6.45, 7) is 0. The molecule has 0 bridgehead atoms. The molecular weight excluding hydrogens is 255 g/mol. The van der Waals surface area contributed by atoms with Crippen molar-refractivity contribution >= 4 is 33.4 Å². The molecule has 0 nitrogen and oxygen atoms in total. The van der Waals surface area contributed by atoms with E-state index < -0.39 is 0 Å². The van der Waals surface area contributed by atoms with Gasteiger partial charge in [-0.3, -0.25) is 0 Å². The maximum absolute atomic E-state index is 5.88. The molecule has 2 aromatic carbocycles. The molecule has 16 heavy (non-hydrogen) atoms. The van der Waals surface area contributed by atoms with Gasteiger partial charge in [-0.05, 0) is 40.9 Å². The van der Waals surface area contributed by atoms with Gasteiger partial charge in [0, 0.05) is 20.3 Å². The van der Waals surface area contributed by atoms with Gasteiger partial charge in [0.1, 0.15) is 0 Å². The molecule has 0 N–H and O–H groups in total. The average Bonchev–Trinajstić information content (AvgIpc) is 2.30. The van der Waals surface area contributed by atoms with E-state index in [0.29, 0.717) is 5.54 Å². The zero-order chi connectivity index (χ0) is 11.5. The highest BCUT2D eigenvalue weighted by Gasteiger charge is 2.07. The van der Waals surface area contributed by atoms with E-state index in [1.807, 2.05) is 24.3 Å². The van der Waals surface area contributed by atoms with Crippen molar-refractivity contribution in [3.63, 3.8) is 0 Å². The van der Waals surface area contributed by atoms with Gasteiger partial charge in [0.25, 0.3) is 0 Å². The quantitative estimate of drug-likeness (QED) is 0.731. The van der Waals surface area contributed by atoms with E-state index in [-0.39, 0.29) is 0 Å². The predicted octanol–water partition coefficient (Wildman–Crippen LogP) is 3.45. The minimum atomic E-state index is 0.495. The van der Waals surface area contributed by atoms with Gasteiger partial charge < -0.3 is 0 Å². The first-order valence-electron chi connectivity index (χ1n) is 5.18. The maximum Gasteiger partial charge on any atom is 0.0406 e. The van der Waals surface area contributed by atoms with Crippen LogP contribution in [0.5, 0.6) is 0 Å². The van der Waals surface area contributed by atoms with Crippen molar-refractivity contribution in [3.8, 4) is 0 Å². The molecule has 0 unspecified atom stereocenters. The van der Waals surface area contributed by atoms with Crippen molar-refractivity contribution in [1.29, 1.82) is 0 Å². The Morgan fingerprint density at radius 1 is 0.688 bits per heavy atom. The Bertz CT molecular complexity index is 417. The standard InChI is InChI=1S/C13H12Cl2Si/c14-11-5-1-9(2-6-11)13(16)10-3-7-12(15)8-4-10/h1-8,13H,16H3. The summed E-state index contributed by atoms with van der Waals surface area (Å²) >= 11 is 11.8. The molecule has 0 saturated heterocycles. The second-order valence-corrected chi connectivity index (χ2v) is 5.85. The van der Waals surface area contributed by atoms with E-state index in [4.69, 9.17) is 23.2 Å². The summed E-state index contributed by atoms with van der Waals surface area (Å²) in [6, 6.07) is 16.1. The lowest BCUT2D eigenvalue weighted by atomic mass is 10.0. The van der Waals surface area contributed by atoms with Crippen molar-refractivity contribution in [1.82, 2.24) is 0 Å². The fraction of sp³-hybridized carbons (Fsp3) is 0.0769. The zero-order valence-electron chi connectivity index (χ0n) is 8.95. The molecule has 2 aromatic rings. The first kappa shape index (κ1) is 11.7. The van der Waals surface area contributed by atoms with E-state index in [1.165, 1.54) is 11.1 Å². The molecule has 0 aliphatic carbocycles. The Kier molecular flexibility index (Phi) is 3.69. The number of halogens is 2. The monoisotopic (exact) mass is 266 g/mol. The Balaban J connectivity index is 2.28. The Hall–Kier alpha value is -0.763. The van der Waals surface area contributed by atoms with Crippen molar-refractivity contribution in [2.24, 2.45) is 0 Å². The highest BCUT2D eigenvalue weighted by molar-refractivity contribution is 6.31. The first-order chi connectivity index (χ1) is 7.66. The van der Waals surface area contributed by atoms with Crippen LogP contribution in [0.4, 0.5) is 0 Å². The van der Waals surface area contributed by atoms with Gasteiger partial charge in [-0.1, -0.05) is 47.5 Å². The predicted molar refractivity (Wildman–Crippen MR) is 74.7 cm³/mol. The summed E-state index contributed by atoms with van der Waals surface area (Å²) in [5.41, 5.74) is 3.13. The lowest BCUT2D eigenvalue weighted by Crippen LogP contribution is -1.99. The van der Waals surface area contributed by atoms with Crippen LogP contribution in [-0.4, -0.2) is 10.2 Å². The van der Waals surface area contributed by atoms with Crippen molar-refractivity contribution in [3.05, 3.63) is 69.7 Å². The van der Waals surface area contributed by atoms with Gasteiger partial charge in [-0.15, -0.1) is 0 Å². The van der Waals surface area contributed by atoms with E-state index in [9.17, 15) is 0 Å². The van der Waals surface area contributed by atoms with Crippen LogP contribution in [0.15, 0.2) is 48.5 Å². The third-order valence-electron chi connectivity index (χ3n) is 2.74. The van der Waals surface area contributed by atoms with Crippen LogP contribution in [-0.2, 0) is 0 Å². The second-order valence-electron chi connectivity index (χ2n) is 3.82. The third-order valence-corrected chi connectivity index (χ3v) is 4.58. The van der Waals surface area contributed by atoms with E-state index in [1.54, 1.807) is 0 Å². The molecule has 3 heteroatoms. The fourth-order valence-corrected chi connectivity index (χ4v) is 2.72. The van der Waals surface area contributed by atoms with Gasteiger partial charge in [-0.2, -0.15) is 0 Å². The Morgan fingerprint density at radius 3 is 1.31 bits per heavy atom. The minimum Gasteiger partial charge on any atom is -0.0843 e. The zero-order valence-corrected chi connectivity index (χ0v) is 12.5. The van der Waals surface area contributed by atoms with Crippen molar-refractivity contribution in [2.75, 3.05) is 0 Å². The van der Waals surface area contributed by atoms with Crippen LogP contribution >= 0.6 is 23.2 Å². The molecule has 82 valence electrons. The Morgan fingerprint density at radius 2 is 1.00 bits per heavy atom. The summed E-state index contributed by atoms with van der Waals surface area (Å²) in [4.78, 5) is 0. The van der Waals surface area contributed by atoms with Crippen molar-refractivity contribution in [2.45, 2.75) is 5.54 Å². The molecule has 0 aliphatic heterocycles. The number of hydrogen-bond donors (Lipinski definition) is 0. The summed E-state index contributed by atoms with van der Waals surface area (Å²) in [7, 11) is 1.07. The second kappa shape index (κ2) is 5.04.